The van der Waals surface area contributed by atoms with E-state index in [1.54, 1.807) is 7.11 Å². The third kappa shape index (κ3) is 3.56. The van der Waals surface area contributed by atoms with E-state index in [1.807, 2.05) is 12.1 Å². The maximum Gasteiger partial charge on any atom is 0.118 e. The number of methoxy groups -OCH3 is 1. The minimum Gasteiger partial charge on any atom is -0.497 e. The zero-order chi connectivity index (χ0) is 11.1. The van der Waals surface area contributed by atoms with Crippen molar-refractivity contribution in [3.8, 4) is 5.75 Å². The molecule has 1 rings (SSSR count). The minimum atomic E-state index is 0.218. The van der Waals surface area contributed by atoms with Gasteiger partial charge in [0.25, 0.3) is 0 Å². The van der Waals surface area contributed by atoms with Gasteiger partial charge < -0.3 is 9.47 Å². The first-order valence-electron chi connectivity index (χ1n) is 5.57. The molecular formula is C13H20O2. The van der Waals surface area contributed by atoms with Crippen molar-refractivity contribution in [3.05, 3.63) is 29.8 Å². The van der Waals surface area contributed by atoms with E-state index >= 15 is 0 Å². The van der Waals surface area contributed by atoms with E-state index in [9.17, 15) is 0 Å². The molecule has 0 aliphatic heterocycles. The fraction of sp³-hybridized carbons (Fsp3) is 0.538. The predicted octanol–water partition coefficient (Wildman–Crippen LogP) is 3.57. The average molecular weight is 208 g/mol. The molecule has 0 radical (unpaired) electrons. The van der Waals surface area contributed by atoms with Crippen molar-refractivity contribution < 1.29 is 9.47 Å². The Kier molecular flexibility index (Phi) is 5.19. The van der Waals surface area contributed by atoms with Crippen LogP contribution in [-0.2, 0) is 4.74 Å². The summed E-state index contributed by atoms with van der Waals surface area (Å²) in [6.45, 7) is 5.09. The summed E-state index contributed by atoms with van der Waals surface area (Å²) >= 11 is 0. The van der Waals surface area contributed by atoms with Gasteiger partial charge in [0.15, 0.2) is 0 Å². The van der Waals surface area contributed by atoms with Gasteiger partial charge in [0, 0.05) is 6.61 Å². The maximum atomic E-state index is 5.76. The molecule has 0 bridgehead atoms. The second-order valence-electron chi connectivity index (χ2n) is 3.54. The number of rotatable bonds is 6. The molecule has 0 N–H and O–H groups in total. The smallest absolute Gasteiger partial charge is 0.118 e. The van der Waals surface area contributed by atoms with Crippen molar-refractivity contribution in [1.29, 1.82) is 0 Å². The van der Waals surface area contributed by atoms with Crippen LogP contribution in [0.3, 0.4) is 0 Å². The Hall–Kier alpha value is -1.02. The summed E-state index contributed by atoms with van der Waals surface area (Å²) in [5.41, 5.74) is 1.23. The zero-order valence-electron chi connectivity index (χ0n) is 9.82. The predicted molar refractivity (Wildman–Crippen MR) is 62.3 cm³/mol. The Balaban J connectivity index is 2.65. The Morgan fingerprint density at radius 1 is 1.13 bits per heavy atom. The molecule has 0 aliphatic rings. The lowest BCUT2D eigenvalue weighted by Crippen LogP contribution is -2.03. The highest BCUT2D eigenvalue weighted by atomic mass is 16.5. The van der Waals surface area contributed by atoms with Gasteiger partial charge in [0.2, 0.25) is 0 Å². The zero-order valence-corrected chi connectivity index (χ0v) is 9.82. The lowest BCUT2D eigenvalue weighted by Gasteiger charge is -2.16. The maximum absolute atomic E-state index is 5.76. The van der Waals surface area contributed by atoms with Crippen molar-refractivity contribution in [2.24, 2.45) is 0 Å². The van der Waals surface area contributed by atoms with Crippen LogP contribution in [0, 0.1) is 0 Å². The van der Waals surface area contributed by atoms with Gasteiger partial charge in [-0.2, -0.15) is 0 Å². The van der Waals surface area contributed by atoms with Crippen LogP contribution in [0.25, 0.3) is 0 Å². The lowest BCUT2D eigenvalue weighted by molar-refractivity contribution is 0.0504. The molecule has 0 spiro atoms. The number of ether oxygens (including phenoxy) is 2. The Morgan fingerprint density at radius 3 is 2.27 bits per heavy atom. The van der Waals surface area contributed by atoms with Crippen LogP contribution in [-0.4, -0.2) is 13.7 Å². The van der Waals surface area contributed by atoms with Crippen LogP contribution in [0.15, 0.2) is 24.3 Å². The lowest BCUT2D eigenvalue weighted by atomic mass is 10.1. The van der Waals surface area contributed by atoms with Gasteiger partial charge in [-0.25, -0.2) is 0 Å². The molecule has 2 nitrogen and oxygen atoms in total. The van der Waals surface area contributed by atoms with E-state index in [1.165, 1.54) is 5.56 Å². The van der Waals surface area contributed by atoms with Gasteiger partial charge in [0.05, 0.1) is 13.2 Å². The highest BCUT2D eigenvalue weighted by molar-refractivity contribution is 5.28. The summed E-state index contributed by atoms with van der Waals surface area (Å²) in [6, 6.07) is 8.10. The van der Waals surface area contributed by atoms with Gasteiger partial charge >= 0.3 is 0 Å². The fourth-order valence-electron chi connectivity index (χ4n) is 1.53. The van der Waals surface area contributed by atoms with Crippen molar-refractivity contribution in [2.75, 3.05) is 13.7 Å². The summed E-state index contributed by atoms with van der Waals surface area (Å²) in [6.07, 6.45) is 2.29. The Morgan fingerprint density at radius 2 is 1.80 bits per heavy atom. The van der Waals surface area contributed by atoms with Crippen LogP contribution in [0.2, 0.25) is 0 Å². The molecule has 1 atom stereocenters. The molecule has 0 aliphatic carbocycles. The van der Waals surface area contributed by atoms with Gasteiger partial charge in [-0.05, 0) is 30.5 Å². The topological polar surface area (TPSA) is 18.5 Å². The van der Waals surface area contributed by atoms with E-state index in [2.05, 4.69) is 26.0 Å². The first-order chi connectivity index (χ1) is 7.31. The molecule has 0 saturated heterocycles. The van der Waals surface area contributed by atoms with Gasteiger partial charge in [-0.1, -0.05) is 26.0 Å². The summed E-state index contributed by atoms with van der Waals surface area (Å²) in [5, 5.41) is 0. The number of hydrogen-bond acceptors (Lipinski definition) is 2. The highest BCUT2D eigenvalue weighted by Gasteiger charge is 2.08. The SMILES string of the molecule is CCCOC(CC)c1ccc(OC)cc1. The monoisotopic (exact) mass is 208 g/mol. The first-order valence-corrected chi connectivity index (χ1v) is 5.57. The third-order valence-corrected chi connectivity index (χ3v) is 2.38. The van der Waals surface area contributed by atoms with E-state index in [-0.39, 0.29) is 6.10 Å². The largest absolute Gasteiger partial charge is 0.497 e. The minimum absolute atomic E-state index is 0.218. The second-order valence-corrected chi connectivity index (χ2v) is 3.54. The Bertz CT molecular complexity index is 266. The normalized spacial score (nSPS) is 12.5. The standard InChI is InChI=1S/C13H20O2/c1-4-10-15-13(5-2)11-6-8-12(14-3)9-7-11/h6-9,13H,4-5,10H2,1-3H3. The van der Waals surface area contributed by atoms with Crippen LogP contribution < -0.4 is 4.74 Å². The van der Waals surface area contributed by atoms with E-state index < -0.39 is 0 Å². The molecule has 0 saturated carbocycles. The van der Waals surface area contributed by atoms with Crippen LogP contribution in [0.5, 0.6) is 5.75 Å². The van der Waals surface area contributed by atoms with Gasteiger partial charge in [0.1, 0.15) is 5.75 Å². The first kappa shape index (κ1) is 12.1. The molecule has 1 unspecified atom stereocenters. The van der Waals surface area contributed by atoms with Crippen molar-refractivity contribution in [3.63, 3.8) is 0 Å². The van der Waals surface area contributed by atoms with Gasteiger partial charge in [-0.15, -0.1) is 0 Å². The quantitative estimate of drug-likeness (QED) is 0.711. The Labute approximate surface area is 92.2 Å². The number of benzene rings is 1. The fourth-order valence-corrected chi connectivity index (χ4v) is 1.53. The summed E-state index contributed by atoms with van der Waals surface area (Å²) in [5.74, 6) is 0.893. The molecule has 0 aromatic heterocycles. The molecule has 0 fully saturated rings. The number of hydrogen-bond donors (Lipinski definition) is 0. The molecule has 2 heteroatoms. The molecule has 0 heterocycles. The van der Waals surface area contributed by atoms with E-state index in [4.69, 9.17) is 9.47 Å². The van der Waals surface area contributed by atoms with Crippen molar-refractivity contribution in [2.45, 2.75) is 32.8 Å². The summed E-state index contributed by atoms with van der Waals surface area (Å²) in [7, 11) is 1.68. The summed E-state index contributed by atoms with van der Waals surface area (Å²) < 4.78 is 10.9. The van der Waals surface area contributed by atoms with Crippen molar-refractivity contribution >= 4 is 0 Å². The summed E-state index contributed by atoms with van der Waals surface area (Å²) in [4.78, 5) is 0. The second kappa shape index (κ2) is 6.46. The molecule has 1 aromatic rings. The molecule has 0 amide bonds. The van der Waals surface area contributed by atoms with Gasteiger partial charge in [-0.3, -0.25) is 0 Å². The average Bonchev–Trinajstić information content (AvgIpc) is 2.31. The van der Waals surface area contributed by atoms with Crippen LogP contribution in [0.1, 0.15) is 38.4 Å². The van der Waals surface area contributed by atoms with Crippen molar-refractivity contribution in [1.82, 2.24) is 0 Å². The van der Waals surface area contributed by atoms with E-state index in [0.29, 0.717) is 0 Å². The highest BCUT2D eigenvalue weighted by Crippen LogP contribution is 2.23. The van der Waals surface area contributed by atoms with Crippen LogP contribution in [0.4, 0.5) is 0 Å². The molecule has 84 valence electrons. The van der Waals surface area contributed by atoms with E-state index in [0.717, 1.165) is 25.2 Å². The third-order valence-electron chi connectivity index (χ3n) is 2.38. The molecule has 15 heavy (non-hydrogen) atoms. The molecular weight excluding hydrogens is 188 g/mol. The molecule has 1 aromatic carbocycles. The van der Waals surface area contributed by atoms with Crippen LogP contribution >= 0.6 is 0 Å².